The summed E-state index contributed by atoms with van der Waals surface area (Å²) in [5.74, 6) is -7.78. The van der Waals surface area contributed by atoms with Gasteiger partial charge in [-0.2, -0.15) is 0 Å². The van der Waals surface area contributed by atoms with E-state index in [0.717, 1.165) is 0 Å². The molecule has 7 aliphatic rings. The van der Waals surface area contributed by atoms with Crippen molar-refractivity contribution in [2.45, 2.75) is 117 Å². The van der Waals surface area contributed by atoms with Crippen LogP contribution in [-0.2, 0) is 52.5 Å². The Balaban J connectivity index is 1.51. The summed E-state index contributed by atoms with van der Waals surface area (Å²) in [5.41, 5.74) is -5.70. The van der Waals surface area contributed by atoms with Gasteiger partial charge in [-0.15, -0.1) is 0 Å². The van der Waals surface area contributed by atoms with Crippen LogP contribution in [0.25, 0.3) is 0 Å². The second kappa shape index (κ2) is 9.86. The summed E-state index contributed by atoms with van der Waals surface area (Å²) >= 11 is 0. The Morgan fingerprint density at radius 3 is 1.98 bits per heavy atom. The van der Waals surface area contributed by atoms with Crippen LogP contribution in [0.1, 0.15) is 75.2 Å². The lowest BCUT2D eigenvalue weighted by Gasteiger charge is -2.65. The highest BCUT2D eigenvalue weighted by Crippen LogP contribution is 2.76. The molecule has 2 aliphatic heterocycles. The fourth-order valence-corrected chi connectivity index (χ4v) is 12.7. The van der Waals surface area contributed by atoms with E-state index in [9.17, 15) is 33.9 Å². The van der Waals surface area contributed by atoms with Gasteiger partial charge in [-0.1, -0.05) is 27.7 Å². The number of esters is 4. The molecule has 1 N–H and O–H groups in total. The number of hydrogen-bond acceptors (Lipinski definition) is 12. The number of aliphatic hydroxyl groups is 1. The molecule has 0 bridgehead atoms. The highest BCUT2D eigenvalue weighted by molar-refractivity contribution is 5.96. The summed E-state index contributed by atoms with van der Waals surface area (Å²) in [6.45, 7) is 14.7. The van der Waals surface area contributed by atoms with E-state index < -0.39 is 118 Å². The molecule has 0 aromatic heterocycles. The average Bonchev–Trinajstić information content (AvgIpc) is 3.67. The van der Waals surface area contributed by atoms with E-state index in [1.165, 1.54) is 27.7 Å². The first-order chi connectivity index (χ1) is 21.7. The van der Waals surface area contributed by atoms with Crippen molar-refractivity contribution < 1.29 is 57.6 Å². The quantitative estimate of drug-likeness (QED) is 0.267. The molecule has 47 heavy (non-hydrogen) atoms. The molecule has 2 saturated heterocycles. The number of carbonyl (C=O) groups excluding carboxylic acids is 6. The summed E-state index contributed by atoms with van der Waals surface area (Å²) in [7, 11) is 0. The van der Waals surface area contributed by atoms with Crippen LogP contribution in [0.5, 0.6) is 0 Å². The lowest BCUT2D eigenvalue weighted by molar-refractivity contribution is -0.257. The molecule has 7 rings (SSSR count). The Bertz CT molecular complexity index is 1490. The van der Waals surface area contributed by atoms with Gasteiger partial charge in [-0.05, 0) is 43.9 Å². The Morgan fingerprint density at radius 2 is 1.38 bits per heavy atom. The van der Waals surface area contributed by atoms with Crippen LogP contribution in [-0.4, -0.2) is 82.8 Å². The number of ether oxygens (including phenoxy) is 5. The molecule has 12 heteroatoms. The highest BCUT2D eigenvalue weighted by Gasteiger charge is 2.84. The Morgan fingerprint density at radius 1 is 0.787 bits per heavy atom. The topological polar surface area (TPSA) is 172 Å². The minimum atomic E-state index is -2.13. The first kappa shape index (κ1) is 32.7. The molecule has 18 atom stereocenters. The van der Waals surface area contributed by atoms with Crippen LogP contribution in [0.15, 0.2) is 0 Å². The number of hydrogen-bond donors (Lipinski definition) is 1. The fourth-order valence-electron chi connectivity index (χ4n) is 12.7. The number of fused-ring (bicyclic) bond motifs is 8. The van der Waals surface area contributed by atoms with Crippen molar-refractivity contribution in [3.8, 4) is 0 Å². The number of carbonyl (C=O) groups is 6. The zero-order valence-electron chi connectivity index (χ0n) is 28.4. The molecule has 0 radical (unpaired) electrons. The van der Waals surface area contributed by atoms with Gasteiger partial charge in [0.25, 0.3) is 0 Å². The molecule has 7 fully saturated rings. The van der Waals surface area contributed by atoms with E-state index in [4.69, 9.17) is 23.7 Å². The fraction of sp³-hybridized carbons (Fsp3) is 0.829. The second-order valence-corrected chi connectivity index (χ2v) is 16.4. The molecule has 12 nitrogen and oxygen atoms in total. The third-order valence-corrected chi connectivity index (χ3v) is 14.4. The van der Waals surface area contributed by atoms with Gasteiger partial charge in [0.2, 0.25) is 0 Å². The van der Waals surface area contributed by atoms with Gasteiger partial charge in [0.05, 0.1) is 11.5 Å². The molecule has 0 aromatic carbocycles. The Labute approximate surface area is 273 Å². The van der Waals surface area contributed by atoms with E-state index in [0.29, 0.717) is 6.42 Å². The summed E-state index contributed by atoms with van der Waals surface area (Å²) in [5, 5.41) is 11.7. The molecule has 2 heterocycles. The molecule has 0 spiro atoms. The van der Waals surface area contributed by atoms with Crippen LogP contribution in [0.3, 0.4) is 0 Å². The first-order valence-electron chi connectivity index (χ1n) is 16.9. The largest absolute Gasteiger partial charge is 0.462 e. The van der Waals surface area contributed by atoms with Crippen LogP contribution >= 0.6 is 0 Å². The first-order valence-corrected chi connectivity index (χ1v) is 16.9. The number of epoxide rings is 1. The molecular weight excluding hydrogens is 612 g/mol. The lowest BCUT2D eigenvalue weighted by atomic mass is 9.39. The highest BCUT2D eigenvalue weighted by atomic mass is 16.6. The maximum Gasteiger partial charge on any atom is 0.339 e. The van der Waals surface area contributed by atoms with E-state index >= 15 is 0 Å². The Hall–Kier alpha value is -2.86. The summed E-state index contributed by atoms with van der Waals surface area (Å²) in [6.07, 6.45) is -4.10. The van der Waals surface area contributed by atoms with Gasteiger partial charge in [0.1, 0.15) is 30.2 Å². The van der Waals surface area contributed by atoms with Crippen molar-refractivity contribution in [3.05, 3.63) is 0 Å². The maximum absolute atomic E-state index is 14.8. The second-order valence-electron chi connectivity index (χ2n) is 16.4. The molecule has 0 unspecified atom stereocenters. The smallest absolute Gasteiger partial charge is 0.339 e. The molecule has 258 valence electrons. The molecule has 5 saturated carbocycles. The predicted molar refractivity (Wildman–Crippen MR) is 159 cm³/mol. The minimum Gasteiger partial charge on any atom is -0.462 e. The third-order valence-electron chi connectivity index (χ3n) is 14.4. The van der Waals surface area contributed by atoms with Crippen LogP contribution in [0.2, 0.25) is 0 Å². The van der Waals surface area contributed by atoms with E-state index in [-0.39, 0.29) is 30.0 Å². The van der Waals surface area contributed by atoms with Gasteiger partial charge in [0, 0.05) is 61.7 Å². The number of ketones is 2. The van der Waals surface area contributed by atoms with Crippen molar-refractivity contribution in [1.82, 2.24) is 0 Å². The van der Waals surface area contributed by atoms with Gasteiger partial charge >= 0.3 is 23.9 Å². The van der Waals surface area contributed by atoms with E-state index in [2.05, 4.69) is 0 Å². The molecule has 0 aromatic rings. The van der Waals surface area contributed by atoms with Gasteiger partial charge in [-0.25, -0.2) is 4.79 Å². The van der Waals surface area contributed by atoms with Gasteiger partial charge < -0.3 is 28.8 Å². The maximum atomic E-state index is 14.8. The average molecular weight is 659 g/mol. The number of rotatable bonds is 3. The van der Waals surface area contributed by atoms with Gasteiger partial charge in [0.15, 0.2) is 17.5 Å². The number of Topliss-reactive ketones (excluding diaryl/α,β-unsaturated/α-hetero) is 2. The van der Waals surface area contributed by atoms with Crippen molar-refractivity contribution in [3.63, 3.8) is 0 Å². The monoisotopic (exact) mass is 658 g/mol. The zero-order valence-corrected chi connectivity index (χ0v) is 28.4. The van der Waals surface area contributed by atoms with Crippen molar-refractivity contribution >= 4 is 35.4 Å². The standard InChI is InChI=1S/C35H46O12/c1-12-10-19(39)34(8)24-21(12)33(7)23(28(24)47-31(41)35(34,9)42)20-22(13(2)29(33)44-15(4)37)32(6)17(25(40)27(20)43-14(3)36)11-18-26(46-18)30(32)45-16(5)38/h12-13,17-18,20-24,26-30,42H,10-11H2,1-9H3/t12-,13+,17-,18+,20-,21+,22+,23-,24+,26+,27-,28-,29+,30+,32+,33-,34+,35-/m1/s1. The van der Waals surface area contributed by atoms with Crippen LogP contribution in [0, 0.1) is 63.6 Å². The molecule has 0 amide bonds. The zero-order chi connectivity index (χ0) is 34.5. The minimum absolute atomic E-state index is 0.0897. The summed E-state index contributed by atoms with van der Waals surface area (Å²) < 4.78 is 30.5. The lowest BCUT2D eigenvalue weighted by Crippen LogP contribution is -2.73. The Kier molecular flexibility index (Phi) is 6.86. The predicted octanol–water partition coefficient (Wildman–Crippen LogP) is 2.20. The van der Waals surface area contributed by atoms with Gasteiger partial charge in [-0.3, -0.25) is 24.0 Å². The van der Waals surface area contributed by atoms with E-state index in [1.807, 2.05) is 27.7 Å². The summed E-state index contributed by atoms with van der Waals surface area (Å²) in [4.78, 5) is 80.8. The van der Waals surface area contributed by atoms with E-state index in [1.54, 1.807) is 6.92 Å². The SMILES string of the molecule is CC(=O)O[C@H]1C(=O)[C@H]2C[C@@H]3O[C@@H]3[C@H](OC(C)=O)[C@]2(C)[C@H]2[C@H](C)[C@H](OC(C)=O)[C@]3(C)[C@@H]4[C@H]5[C@H](OC(=O)[C@@](C)(O)[C@@]5(C)C(=O)C[C@H]4C)[C@H]3[C@@H]21. The molecular formula is C35H46O12. The third kappa shape index (κ3) is 3.83. The summed E-state index contributed by atoms with van der Waals surface area (Å²) in [6, 6.07) is 0. The van der Waals surface area contributed by atoms with Crippen LogP contribution in [0.4, 0.5) is 0 Å². The van der Waals surface area contributed by atoms with Crippen molar-refractivity contribution in [2.75, 3.05) is 0 Å². The van der Waals surface area contributed by atoms with Crippen molar-refractivity contribution in [1.29, 1.82) is 0 Å². The van der Waals surface area contributed by atoms with Crippen molar-refractivity contribution in [2.24, 2.45) is 63.6 Å². The van der Waals surface area contributed by atoms with Crippen LogP contribution < -0.4 is 0 Å². The normalized spacial score (nSPS) is 55.2. The molecule has 5 aliphatic carbocycles.